The summed E-state index contributed by atoms with van der Waals surface area (Å²) in [4.78, 5) is 24.3. The van der Waals surface area contributed by atoms with Crippen molar-refractivity contribution in [1.29, 1.82) is 0 Å². The van der Waals surface area contributed by atoms with Crippen LogP contribution in [0.15, 0.2) is 16.7 Å². The lowest BCUT2D eigenvalue weighted by Gasteiger charge is -2.33. The Labute approximate surface area is 198 Å². The van der Waals surface area contributed by atoms with Crippen molar-refractivity contribution in [2.45, 2.75) is 39.7 Å². The molecule has 0 saturated carbocycles. The van der Waals surface area contributed by atoms with Crippen LogP contribution in [0.25, 0.3) is 11.1 Å². The average Bonchev–Trinajstić information content (AvgIpc) is 3.28. The van der Waals surface area contributed by atoms with Gasteiger partial charge in [-0.3, -0.25) is 4.79 Å². The largest absolute Gasteiger partial charge is 0.493 e. The summed E-state index contributed by atoms with van der Waals surface area (Å²) in [7, 11) is 4.70. The summed E-state index contributed by atoms with van der Waals surface area (Å²) in [6.45, 7) is 5.60. The molecule has 1 fully saturated rings. The van der Waals surface area contributed by atoms with Crippen molar-refractivity contribution >= 4 is 22.8 Å². The lowest BCUT2D eigenvalue weighted by Crippen LogP contribution is -2.43. The molecule has 3 aromatic rings. The minimum absolute atomic E-state index is 0.00140. The Morgan fingerprint density at radius 1 is 1.18 bits per heavy atom. The number of amides is 1. The lowest BCUT2D eigenvalue weighted by molar-refractivity contribution is -0.125. The molecule has 0 spiro atoms. The maximum absolute atomic E-state index is 13.1. The van der Waals surface area contributed by atoms with Gasteiger partial charge in [0.15, 0.2) is 11.5 Å². The Morgan fingerprint density at radius 2 is 1.91 bits per heavy atom. The van der Waals surface area contributed by atoms with E-state index in [0.29, 0.717) is 41.9 Å². The molecule has 10 heteroatoms. The quantitative estimate of drug-likeness (QED) is 0.532. The molecule has 0 aliphatic carbocycles. The highest BCUT2D eigenvalue weighted by atomic mass is 16.5. The van der Waals surface area contributed by atoms with Crippen LogP contribution in [0.4, 0.5) is 5.82 Å². The molecule has 1 saturated heterocycles. The van der Waals surface area contributed by atoms with Gasteiger partial charge in [0.05, 0.1) is 32.9 Å². The zero-order chi connectivity index (χ0) is 24.2. The number of aromatic nitrogens is 3. The zero-order valence-corrected chi connectivity index (χ0v) is 20.3. The number of hydrogen-bond donors (Lipinski definition) is 1. The van der Waals surface area contributed by atoms with E-state index in [9.17, 15) is 4.79 Å². The van der Waals surface area contributed by atoms with E-state index >= 15 is 0 Å². The fourth-order valence-corrected chi connectivity index (χ4v) is 4.42. The number of methoxy groups -OCH3 is 3. The van der Waals surface area contributed by atoms with Gasteiger partial charge in [0.2, 0.25) is 11.7 Å². The van der Waals surface area contributed by atoms with Gasteiger partial charge in [-0.1, -0.05) is 12.1 Å². The normalized spacial score (nSPS) is 15.9. The van der Waals surface area contributed by atoms with Crippen LogP contribution in [0.1, 0.15) is 36.8 Å². The van der Waals surface area contributed by atoms with Crippen LogP contribution in [0.5, 0.6) is 17.2 Å². The van der Waals surface area contributed by atoms with Crippen LogP contribution < -0.4 is 24.4 Å². The summed E-state index contributed by atoms with van der Waals surface area (Å²) in [5.41, 5.74) is 2.19. The number of anilines is 1. The SMILES string of the molecule is CCc1noc2nc(C)nc(N3CCCC(C(=O)NCc4cc(OC)c(OC)c(OC)c4)C3)c12. The third-order valence-corrected chi connectivity index (χ3v) is 6.12. The zero-order valence-electron chi connectivity index (χ0n) is 20.3. The van der Waals surface area contributed by atoms with Crippen molar-refractivity contribution in [3.05, 3.63) is 29.2 Å². The van der Waals surface area contributed by atoms with Gasteiger partial charge in [0, 0.05) is 19.6 Å². The van der Waals surface area contributed by atoms with E-state index in [1.165, 1.54) is 0 Å². The third kappa shape index (κ3) is 4.57. The maximum Gasteiger partial charge on any atom is 0.263 e. The van der Waals surface area contributed by atoms with Gasteiger partial charge in [-0.05, 0) is 43.9 Å². The number of carbonyl (C=O) groups excluding carboxylic acids is 1. The predicted octanol–water partition coefficient (Wildman–Crippen LogP) is 3.05. The van der Waals surface area contributed by atoms with Crippen molar-refractivity contribution in [1.82, 2.24) is 20.4 Å². The molecule has 0 radical (unpaired) electrons. The summed E-state index contributed by atoms with van der Waals surface area (Å²) in [5.74, 6) is 2.89. The lowest BCUT2D eigenvalue weighted by atomic mass is 9.96. The summed E-state index contributed by atoms with van der Waals surface area (Å²) in [5, 5.41) is 8.06. The van der Waals surface area contributed by atoms with E-state index in [-0.39, 0.29) is 11.8 Å². The monoisotopic (exact) mass is 469 g/mol. The maximum atomic E-state index is 13.1. The summed E-state index contributed by atoms with van der Waals surface area (Å²) in [6.07, 6.45) is 2.42. The van der Waals surface area contributed by atoms with Gasteiger partial charge in [-0.25, -0.2) is 4.98 Å². The Morgan fingerprint density at radius 3 is 2.56 bits per heavy atom. The first-order valence-electron chi connectivity index (χ1n) is 11.4. The Kier molecular flexibility index (Phi) is 7.04. The molecule has 34 heavy (non-hydrogen) atoms. The molecule has 1 aliphatic heterocycles. The second-order valence-electron chi connectivity index (χ2n) is 8.29. The number of nitrogens with one attached hydrogen (secondary N) is 1. The number of rotatable bonds is 8. The highest BCUT2D eigenvalue weighted by Crippen LogP contribution is 2.38. The first-order chi connectivity index (χ1) is 16.5. The molecule has 3 heterocycles. The molecule has 182 valence electrons. The first-order valence-corrected chi connectivity index (χ1v) is 11.4. The Hall–Kier alpha value is -3.56. The van der Waals surface area contributed by atoms with E-state index in [2.05, 4.69) is 20.4 Å². The first kappa shape index (κ1) is 23.6. The molecule has 0 bridgehead atoms. The number of carbonyl (C=O) groups is 1. The van der Waals surface area contributed by atoms with Crippen molar-refractivity contribution in [3.8, 4) is 17.2 Å². The molecule has 2 aromatic heterocycles. The van der Waals surface area contributed by atoms with E-state index in [1.807, 2.05) is 26.0 Å². The molecule has 4 rings (SSSR count). The Balaban J connectivity index is 1.49. The fourth-order valence-electron chi connectivity index (χ4n) is 4.42. The van der Waals surface area contributed by atoms with E-state index in [0.717, 1.165) is 48.3 Å². The second-order valence-corrected chi connectivity index (χ2v) is 8.29. The molecule has 1 aliphatic rings. The molecular weight excluding hydrogens is 438 g/mol. The van der Waals surface area contributed by atoms with Crippen LogP contribution in [0.3, 0.4) is 0 Å². The summed E-state index contributed by atoms with van der Waals surface area (Å²) in [6, 6.07) is 3.68. The minimum Gasteiger partial charge on any atom is -0.493 e. The van der Waals surface area contributed by atoms with Crippen LogP contribution in [0, 0.1) is 12.8 Å². The number of hydrogen-bond acceptors (Lipinski definition) is 9. The minimum atomic E-state index is -0.161. The number of ether oxygens (including phenoxy) is 3. The van der Waals surface area contributed by atoms with Crippen LogP contribution >= 0.6 is 0 Å². The molecule has 1 amide bonds. The molecule has 1 unspecified atom stereocenters. The molecule has 10 nitrogen and oxygen atoms in total. The van der Waals surface area contributed by atoms with Crippen molar-refractivity contribution < 1.29 is 23.5 Å². The van der Waals surface area contributed by atoms with Crippen LogP contribution in [-0.2, 0) is 17.8 Å². The molecule has 1 N–H and O–H groups in total. The van der Waals surface area contributed by atoms with Gasteiger partial charge in [0.25, 0.3) is 5.71 Å². The number of nitrogens with zero attached hydrogens (tertiary/aromatic N) is 4. The average molecular weight is 470 g/mol. The number of benzene rings is 1. The molecule has 1 aromatic carbocycles. The molecular formula is C24H31N5O5. The number of aryl methyl sites for hydroxylation is 2. The van der Waals surface area contributed by atoms with Crippen molar-refractivity contribution in [2.24, 2.45) is 5.92 Å². The topological polar surface area (TPSA) is 112 Å². The van der Waals surface area contributed by atoms with Crippen LogP contribution in [-0.4, -0.2) is 55.5 Å². The number of piperidine rings is 1. The number of fused-ring (bicyclic) bond motifs is 1. The second kappa shape index (κ2) is 10.1. The summed E-state index contributed by atoms with van der Waals surface area (Å²) >= 11 is 0. The summed E-state index contributed by atoms with van der Waals surface area (Å²) < 4.78 is 21.6. The van der Waals surface area contributed by atoms with Gasteiger partial charge >= 0.3 is 0 Å². The Bertz CT molecular complexity index is 1150. The van der Waals surface area contributed by atoms with Gasteiger partial charge in [-0.15, -0.1) is 0 Å². The van der Waals surface area contributed by atoms with Crippen molar-refractivity contribution in [3.63, 3.8) is 0 Å². The van der Waals surface area contributed by atoms with Gasteiger partial charge in [-0.2, -0.15) is 4.98 Å². The third-order valence-electron chi connectivity index (χ3n) is 6.12. The van der Waals surface area contributed by atoms with Gasteiger partial charge < -0.3 is 29.0 Å². The van der Waals surface area contributed by atoms with E-state index < -0.39 is 0 Å². The standard InChI is InChI=1S/C24H31N5O5/c1-6-17-20-22(26-14(2)27-24(20)34-28-17)29-9-7-8-16(13-29)23(30)25-12-15-10-18(31-3)21(33-5)19(11-15)32-4/h10-11,16H,6-9,12-13H2,1-5H3,(H,25,30). The van der Waals surface area contributed by atoms with Crippen molar-refractivity contribution in [2.75, 3.05) is 39.3 Å². The van der Waals surface area contributed by atoms with Crippen LogP contribution in [0.2, 0.25) is 0 Å². The highest BCUT2D eigenvalue weighted by Gasteiger charge is 2.29. The smallest absolute Gasteiger partial charge is 0.263 e. The predicted molar refractivity (Wildman–Crippen MR) is 127 cm³/mol. The highest BCUT2D eigenvalue weighted by molar-refractivity contribution is 5.89. The molecule has 1 atom stereocenters. The van der Waals surface area contributed by atoms with Gasteiger partial charge in [0.1, 0.15) is 17.0 Å². The van der Waals surface area contributed by atoms with E-state index in [1.54, 1.807) is 21.3 Å². The fraction of sp³-hybridized carbons (Fsp3) is 0.500. The van der Waals surface area contributed by atoms with E-state index in [4.69, 9.17) is 23.7 Å².